The predicted octanol–water partition coefficient (Wildman–Crippen LogP) is 12.4. The zero-order valence-corrected chi connectivity index (χ0v) is 31.6. The second-order valence-corrected chi connectivity index (χ2v) is 15.1. The van der Waals surface area contributed by atoms with Crippen molar-refractivity contribution in [3.8, 4) is 0 Å². The van der Waals surface area contributed by atoms with E-state index in [0.717, 1.165) is 55.4 Å². The highest BCUT2D eigenvalue weighted by Gasteiger charge is 2.49. The minimum absolute atomic E-state index is 0.212. The molecular formula is C42H64F2N2O. The van der Waals surface area contributed by atoms with Crippen molar-refractivity contribution in [3.63, 3.8) is 0 Å². The van der Waals surface area contributed by atoms with E-state index in [1.165, 1.54) is 43.9 Å². The second-order valence-electron chi connectivity index (χ2n) is 15.1. The number of carbonyl (C=O) groups is 1. The van der Waals surface area contributed by atoms with Crippen molar-refractivity contribution in [1.82, 2.24) is 0 Å². The number of benzene rings is 2. The van der Waals surface area contributed by atoms with Gasteiger partial charge in [0.25, 0.3) is 0 Å². The van der Waals surface area contributed by atoms with E-state index in [1.54, 1.807) is 19.2 Å². The van der Waals surface area contributed by atoms with Crippen molar-refractivity contribution < 1.29 is 13.6 Å². The number of halogens is 2. The molecule has 1 unspecified atom stereocenters. The Balaban J connectivity index is 0.000000352. The molecule has 2 aromatic rings. The van der Waals surface area contributed by atoms with E-state index >= 15 is 0 Å². The van der Waals surface area contributed by atoms with Crippen LogP contribution in [0, 0.1) is 29.5 Å². The Labute approximate surface area is 286 Å². The number of aliphatic imine (C=N–C) groups is 1. The van der Waals surface area contributed by atoms with Crippen molar-refractivity contribution in [1.29, 1.82) is 5.41 Å². The normalized spacial score (nSPS) is 16.1. The summed E-state index contributed by atoms with van der Waals surface area (Å²) < 4.78 is 28.0. The molecule has 47 heavy (non-hydrogen) atoms. The van der Waals surface area contributed by atoms with Gasteiger partial charge in [0.05, 0.1) is 0 Å². The molecule has 2 aliphatic carbocycles. The topological polar surface area (TPSA) is 53.3 Å². The van der Waals surface area contributed by atoms with E-state index in [1.807, 2.05) is 33.1 Å². The van der Waals surface area contributed by atoms with E-state index in [4.69, 9.17) is 5.41 Å². The summed E-state index contributed by atoms with van der Waals surface area (Å²) in [5.41, 5.74) is 4.91. The fourth-order valence-corrected chi connectivity index (χ4v) is 5.36. The number of hydrogen-bond acceptors (Lipinski definition) is 3. The van der Waals surface area contributed by atoms with Crippen LogP contribution in [0.3, 0.4) is 0 Å². The van der Waals surface area contributed by atoms with Gasteiger partial charge in [-0.1, -0.05) is 104 Å². The van der Waals surface area contributed by atoms with Gasteiger partial charge < -0.3 is 5.41 Å². The molecule has 3 nitrogen and oxygen atoms in total. The summed E-state index contributed by atoms with van der Waals surface area (Å²) in [5.74, 6) is 1.27. The van der Waals surface area contributed by atoms with Gasteiger partial charge in [0, 0.05) is 36.4 Å². The molecule has 0 aromatic heterocycles. The first-order valence-electron chi connectivity index (χ1n) is 17.6. The Morgan fingerprint density at radius 1 is 1.09 bits per heavy atom. The number of alkyl halides is 1. The molecule has 0 saturated heterocycles. The highest BCUT2D eigenvalue weighted by Crippen LogP contribution is 2.51. The molecule has 0 aliphatic heterocycles. The average Bonchev–Trinajstić information content (AvgIpc) is 3.93. The molecule has 2 aliphatic rings. The molecule has 262 valence electrons. The Morgan fingerprint density at radius 3 is 2.04 bits per heavy atom. The minimum atomic E-state index is -1.33. The van der Waals surface area contributed by atoms with Crippen LogP contribution in [0.1, 0.15) is 153 Å². The van der Waals surface area contributed by atoms with Crippen LogP contribution in [-0.2, 0) is 11.8 Å². The van der Waals surface area contributed by atoms with Gasteiger partial charge in [-0.05, 0) is 105 Å². The van der Waals surface area contributed by atoms with Crippen LogP contribution in [0.2, 0.25) is 0 Å². The van der Waals surface area contributed by atoms with Crippen molar-refractivity contribution in [3.05, 3.63) is 81.7 Å². The highest BCUT2D eigenvalue weighted by molar-refractivity contribution is 5.95. The van der Waals surface area contributed by atoms with Crippen LogP contribution >= 0.6 is 0 Å². The number of aldehydes is 1. The summed E-state index contributed by atoms with van der Waals surface area (Å²) >= 11 is 0. The highest BCUT2D eigenvalue weighted by atomic mass is 19.1. The zero-order valence-electron chi connectivity index (χ0n) is 31.6. The van der Waals surface area contributed by atoms with Crippen molar-refractivity contribution in [2.75, 3.05) is 7.05 Å². The minimum Gasteiger partial charge on any atom is -0.309 e. The van der Waals surface area contributed by atoms with Crippen molar-refractivity contribution in [2.24, 2.45) is 16.3 Å². The van der Waals surface area contributed by atoms with Gasteiger partial charge in [-0.15, -0.1) is 0 Å². The van der Waals surface area contributed by atoms with E-state index < -0.39 is 5.67 Å². The maximum atomic E-state index is 14.3. The van der Waals surface area contributed by atoms with Gasteiger partial charge in [-0.25, -0.2) is 8.78 Å². The van der Waals surface area contributed by atoms with Crippen LogP contribution in [0.15, 0.2) is 53.0 Å². The maximum Gasteiger partial charge on any atom is 0.150 e. The fourth-order valence-electron chi connectivity index (χ4n) is 5.36. The summed E-state index contributed by atoms with van der Waals surface area (Å²) in [6, 6.07) is 11.1. The smallest absolute Gasteiger partial charge is 0.150 e. The molecule has 4 rings (SSSR count). The molecule has 2 fully saturated rings. The molecule has 1 atom stereocenters. The largest absolute Gasteiger partial charge is 0.309 e. The van der Waals surface area contributed by atoms with Crippen LogP contribution < -0.4 is 0 Å². The van der Waals surface area contributed by atoms with E-state index in [-0.39, 0.29) is 23.1 Å². The Kier molecular flexibility index (Phi) is 17.1. The number of allylic oxidation sites excluding steroid dienone is 2. The Morgan fingerprint density at radius 2 is 1.68 bits per heavy atom. The summed E-state index contributed by atoms with van der Waals surface area (Å²) in [5, 5.41) is 8.16. The van der Waals surface area contributed by atoms with Crippen molar-refractivity contribution >= 4 is 18.2 Å². The zero-order chi connectivity index (χ0) is 36.0. The van der Waals surface area contributed by atoms with Crippen LogP contribution in [0.5, 0.6) is 0 Å². The van der Waals surface area contributed by atoms with Gasteiger partial charge in [0.2, 0.25) is 0 Å². The third kappa shape index (κ3) is 14.8. The molecule has 5 heteroatoms. The van der Waals surface area contributed by atoms with Gasteiger partial charge in [0.15, 0.2) is 0 Å². The predicted molar refractivity (Wildman–Crippen MR) is 200 cm³/mol. The first kappa shape index (κ1) is 42.1. The first-order valence-corrected chi connectivity index (χ1v) is 17.6. The molecule has 2 aromatic carbocycles. The molecule has 0 amide bonds. The van der Waals surface area contributed by atoms with Gasteiger partial charge >= 0.3 is 0 Å². The summed E-state index contributed by atoms with van der Waals surface area (Å²) in [7, 11) is 1.80. The molecule has 0 bridgehead atoms. The van der Waals surface area contributed by atoms with Gasteiger partial charge in [0.1, 0.15) is 17.8 Å². The number of nitrogens with zero attached hydrogens (tertiary/aromatic N) is 1. The number of hydrogen-bond donors (Lipinski definition) is 1. The Hall–Kier alpha value is -2.95. The number of rotatable bonds is 10. The Bertz CT molecular complexity index is 1340. The second kappa shape index (κ2) is 19.1. The van der Waals surface area contributed by atoms with Gasteiger partial charge in [-0.2, -0.15) is 0 Å². The van der Waals surface area contributed by atoms with E-state index in [9.17, 15) is 13.6 Å². The summed E-state index contributed by atoms with van der Waals surface area (Å²) in [4.78, 5) is 14.8. The number of nitrogens with one attached hydrogen (secondary N) is 1. The monoisotopic (exact) mass is 650 g/mol. The molecular weight excluding hydrogens is 586 g/mol. The molecule has 0 radical (unpaired) electrons. The lowest BCUT2D eigenvalue weighted by Crippen LogP contribution is -2.21. The van der Waals surface area contributed by atoms with Crippen LogP contribution in [-0.4, -0.2) is 30.9 Å². The SMILES string of the molecule is C/C=C(\C=NC)C(C)(C)C.CC1CC1.CCC(C)c1ccc(C)cc1C=O.CCCC(=N)C1(c2ccc(CC(C)(C)F)cc2F)CC1. The number of aryl methyl sites for hydroxylation is 1. The first-order chi connectivity index (χ1) is 21.9. The molecule has 0 heterocycles. The molecule has 2 saturated carbocycles. The lowest BCUT2D eigenvalue weighted by atomic mass is 9.86. The average molecular weight is 651 g/mol. The van der Waals surface area contributed by atoms with Crippen LogP contribution in [0.25, 0.3) is 0 Å². The van der Waals surface area contributed by atoms with E-state index in [0.29, 0.717) is 22.8 Å². The van der Waals surface area contributed by atoms with Gasteiger partial charge in [-0.3, -0.25) is 9.79 Å². The molecule has 0 spiro atoms. The lowest BCUT2D eigenvalue weighted by Gasteiger charge is -2.19. The summed E-state index contributed by atoms with van der Waals surface area (Å²) in [6.07, 6.45) is 12.6. The molecule has 1 N–H and O–H groups in total. The standard InChI is InChI=1S/C17H23F2N.C12H16O.C9H17N.C4H8/c1-4-5-15(20)17(8-9-17)13-7-6-12(10-14(13)18)11-16(2,3)19;1-4-10(3)12-6-5-9(2)7-11(12)8-13;1-6-8(7-10-5)9(2,3)4;1-4-2-3-4/h6-7,10,20H,4-5,8-9,11H2,1-3H3;5-8,10H,4H2,1-3H3;6-7H,1-5H3;4H,2-3H2,1H3/b;;8-6+,10-7?;. The lowest BCUT2D eigenvalue weighted by molar-refractivity contribution is 0.112. The maximum absolute atomic E-state index is 14.3. The third-order valence-electron chi connectivity index (χ3n) is 8.83. The van der Waals surface area contributed by atoms with Crippen LogP contribution in [0.4, 0.5) is 8.78 Å². The van der Waals surface area contributed by atoms with E-state index in [2.05, 4.69) is 64.7 Å². The summed E-state index contributed by atoms with van der Waals surface area (Å²) in [6.45, 7) is 22.2. The quantitative estimate of drug-likeness (QED) is 0.202. The van der Waals surface area contributed by atoms with Crippen molar-refractivity contribution in [2.45, 2.75) is 145 Å². The number of carbonyl (C=O) groups excluding carboxylic acids is 1. The fraction of sp³-hybridized carbons (Fsp3) is 0.595. The third-order valence-corrected chi connectivity index (χ3v) is 8.83.